The zero-order valence-corrected chi connectivity index (χ0v) is 16.9. The van der Waals surface area contributed by atoms with Crippen molar-refractivity contribution in [2.75, 3.05) is 15.8 Å². The van der Waals surface area contributed by atoms with Crippen LogP contribution in [0.4, 0.5) is 5.69 Å². The van der Waals surface area contributed by atoms with Crippen molar-refractivity contribution < 1.29 is 36.9 Å². The Labute approximate surface area is 167 Å². The molecule has 1 aliphatic rings. The Bertz CT molecular complexity index is 1170. The summed E-state index contributed by atoms with van der Waals surface area (Å²) in [4.78, 5) is 11.0. The Kier molecular flexibility index (Phi) is 5.32. The Morgan fingerprint density at radius 2 is 1.83 bits per heavy atom. The van der Waals surface area contributed by atoms with Crippen LogP contribution in [0.25, 0.3) is 0 Å². The van der Waals surface area contributed by atoms with E-state index in [1.807, 2.05) is 0 Å². The lowest BCUT2D eigenvalue weighted by Crippen LogP contribution is -2.47. The number of aryl methyl sites for hydroxylation is 1. The Morgan fingerprint density at radius 3 is 2.38 bits per heavy atom. The summed E-state index contributed by atoms with van der Waals surface area (Å²) in [5.41, 5.74) is -0.0635. The Balaban J connectivity index is 2.24. The van der Waals surface area contributed by atoms with Crippen LogP contribution in [-0.2, 0) is 19.9 Å². The largest absolute Gasteiger partial charge is 0.508 e. The molecular weight excluding hydrogens is 422 g/mol. The molecule has 1 fully saturated rings. The van der Waals surface area contributed by atoms with Crippen molar-refractivity contribution in [3.8, 4) is 5.75 Å². The highest BCUT2D eigenvalue weighted by molar-refractivity contribution is 7.93. The average molecular weight is 441 g/mol. The first-order valence-electron chi connectivity index (χ1n) is 8.48. The van der Waals surface area contributed by atoms with E-state index in [1.165, 1.54) is 37.3 Å². The number of rotatable bonds is 5. The maximum absolute atomic E-state index is 13.5. The molecule has 11 heteroatoms. The number of phenols is 1. The highest BCUT2D eigenvalue weighted by Crippen LogP contribution is 2.34. The van der Waals surface area contributed by atoms with E-state index in [0.717, 1.165) is 16.4 Å². The van der Waals surface area contributed by atoms with Crippen molar-refractivity contribution in [3.05, 3.63) is 53.6 Å². The van der Waals surface area contributed by atoms with E-state index in [-0.39, 0.29) is 27.5 Å². The molecular formula is C18H19NO8S2. The van der Waals surface area contributed by atoms with Crippen molar-refractivity contribution in [2.24, 2.45) is 0 Å². The summed E-state index contributed by atoms with van der Waals surface area (Å²) in [5, 5.41) is 29.3. The molecule has 0 aliphatic carbocycles. The van der Waals surface area contributed by atoms with E-state index < -0.39 is 49.5 Å². The number of sulfonamides is 1. The second kappa shape index (κ2) is 7.32. The fraction of sp³-hybridized carbons (Fsp3) is 0.278. The molecule has 1 saturated heterocycles. The Morgan fingerprint density at radius 1 is 1.14 bits per heavy atom. The zero-order valence-electron chi connectivity index (χ0n) is 15.3. The Hall–Kier alpha value is -2.63. The van der Waals surface area contributed by atoms with Crippen molar-refractivity contribution in [1.29, 1.82) is 0 Å². The number of phenolic OH excluding ortho intramolecular Hbond substituents is 1. The van der Waals surface area contributed by atoms with Gasteiger partial charge in [-0.3, -0.25) is 4.31 Å². The van der Waals surface area contributed by atoms with Crippen LogP contribution in [0.5, 0.6) is 5.75 Å². The molecule has 3 N–H and O–H groups in total. The van der Waals surface area contributed by atoms with E-state index in [1.54, 1.807) is 0 Å². The standard InChI is InChI=1S/C18H19NO8S2/c1-11-5-6-12(18(22)23)7-17(11)29(26,27)19(13-3-2-4-14(20)8-13)15-9-28(24,25)10-16(15)21/h2-8,15-16,20-21H,9-10H2,1H3,(H,22,23)/t15-,16+/m1/s1. The second-order valence-electron chi connectivity index (χ2n) is 6.82. The van der Waals surface area contributed by atoms with Crippen LogP contribution in [0.2, 0.25) is 0 Å². The summed E-state index contributed by atoms with van der Waals surface area (Å²) in [6.07, 6.45) is -1.49. The van der Waals surface area contributed by atoms with Gasteiger partial charge in [-0.15, -0.1) is 0 Å². The first kappa shape index (κ1) is 21.1. The third kappa shape index (κ3) is 4.07. The van der Waals surface area contributed by atoms with Gasteiger partial charge in [-0.05, 0) is 36.8 Å². The fourth-order valence-electron chi connectivity index (χ4n) is 3.29. The average Bonchev–Trinajstić information content (AvgIpc) is 2.87. The maximum Gasteiger partial charge on any atom is 0.335 e. The number of sulfone groups is 1. The summed E-state index contributed by atoms with van der Waals surface area (Å²) in [7, 11) is -8.18. The van der Waals surface area contributed by atoms with Crippen LogP contribution in [0.15, 0.2) is 47.4 Å². The molecule has 0 unspecified atom stereocenters. The number of aromatic carboxylic acids is 1. The van der Waals surface area contributed by atoms with Gasteiger partial charge in [0.15, 0.2) is 9.84 Å². The molecule has 29 heavy (non-hydrogen) atoms. The van der Waals surface area contributed by atoms with Crippen LogP contribution in [-0.4, -0.2) is 61.8 Å². The lowest BCUT2D eigenvalue weighted by atomic mass is 10.1. The molecule has 0 aromatic heterocycles. The van der Waals surface area contributed by atoms with Crippen LogP contribution < -0.4 is 4.31 Å². The van der Waals surface area contributed by atoms with E-state index in [2.05, 4.69) is 0 Å². The van der Waals surface area contributed by atoms with Gasteiger partial charge in [0.25, 0.3) is 10.0 Å². The van der Waals surface area contributed by atoms with E-state index >= 15 is 0 Å². The molecule has 2 atom stereocenters. The molecule has 0 bridgehead atoms. The third-order valence-electron chi connectivity index (χ3n) is 4.65. The van der Waals surface area contributed by atoms with Gasteiger partial charge in [-0.1, -0.05) is 12.1 Å². The van der Waals surface area contributed by atoms with Gasteiger partial charge in [0.05, 0.1) is 39.8 Å². The molecule has 1 aliphatic heterocycles. The minimum absolute atomic E-state index is 0.0497. The van der Waals surface area contributed by atoms with Gasteiger partial charge in [0.1, 0.15) is 5.75 Å². The summed E-state index contributed by atoms with van der Waals surface area (Å²) in [5.74, 6) is -2.79. The quantitative estimate of drug-likeness (QED) is 0.615. The molecule has 1 heterocycles. The molecule has 2 aromatic rings. The number of anilines is 1. The lowest BCUT2D eigenvalue weighted by molar-refractivity contribution is 0.0696. The molecule has 3 rings (SSSR count). The smallest absolute Gasteiger partial charge is 0.335 e. The molecule has 0 amide bonds. The maximum atomic E-state index is 13.5. The van der Waals surface area contributed by atoms with Crippen LogP contribution in [0.3, 0.4) is 0 Å². The lowest BCUT2D eigenvalue weighted by Gasteiger charge is -2.32. The van der Waals surface area contributed by atoms with Crippen LogP contribution in [0.1, 0.15) is 15.9 Å². The highest BCUT2D eigenvalue weighted by atomic mass is 32.2. The van der Waals surface area contributed by atoms with Gasteiger partial charge in [-0.2, -0.15) is 0 Å². The minimum Gasteiger partial charge on any atom is -0.508 e. The third-order valence-corrected chi connectivity index (χ3v) is 8.34. The number of benzene rings is 2. The molecule has 0 radical (unpaired) electrons. The van der Waals surface area contributed by atoms with Crippen molar-refractivity contribution in [2.45, 2.75) is 24.0 Å². The number of carboxylic acids is 1. The predicted molar refractivity (Wildman–Crippen MR) is 104 cm³/mol. The van der Waals surface area contributed by atoms with Gasteiger partial charge in [0.2, 0.25) is 0 Å². The number of hydrogen-bond acceptors (Lipinski definition) is 7. The number of nitrogens with zero attached hydrogens (tertiary/aromatic N) is 1. The summed E-state index contributed by atoms with van der Waals surface area (Å²) in [6, 6.07) is 7.41. The van der Waals surface area contributed by atoms with Crippen LogP contribution >= 0.6 is 0 Å². The second-order valence-corrected chi connectivity index (χ2v) is 10.8. The number of aliphatic hydroxyl groups is 1. The predicted octanol–water partition coefficient (Wildman–Crippen LogP) is 0.752. The monoisotopic (exact) mass is 441 g/mol. The number of aliphatic hydroxyl groups excluding tert-OH is 1. The summed E-state index contributed by atoms with van der Waals surface area (Å²) < 4.78 is 51.8. The van der Waals surface area contributed by atoms with E-state index in [4.69, 9.17) is 0 Å². The topological polar surface area (TPSA) is 149 Å². The zero-order chi connectivity index (χ0) is 21.6. The van der Waals surface area contributed by atoms with Gasteiger partial charge in [-0.25, -0.2) is 21.6 Å². The van der Waals surface area contributed by atoms with Gasteiger partial charge >= 0.3 is 5.97 Å². The fourth-order valence-corrected chi connectivity index (χ4v) is 7.08. The summed E-state index contributed by atoms with van der Waals surface area (Å²) in [6.45, 7) is 1.47. The van der Waals surface area contributed by atoms with Crippen molar-refractivity contribution >= 4 is 31.5 Å². The number of aromatic hydroxyl groups is 1. The van der Waals surface area contributed by atoms with Gasteiger partial charge in [0, 0.05) is 6.07 Å². The number of hydrogen-bond donors (Lipinski definition) is 3. The molecule has 2 aromatic carbocycles. The first-order chi connectivity index (χ1) is 13.4. The van der Waals surface area contributed by atoms with Crippen molar-refractivity contribution in [3.63, 3.8) is 0 Å². The normalized spacial score (nSPS) is 21.0. The van der Waals surface area contributed by atoms with Crippen molar-refractivity contribution in [1.82, 2.24) is 0 Å². The molecule has 0 spiro atoms. The van der Waals surface area contributed by atoms with Crippen LogP contribution in [0, 0.1) is 6.92 Å². The minimum atomic E-state index is -4.49. The van der Waals surface area contributed by atoms with E-state index in [9.17, 15) is 36.9 Å². The van der Waals surface area contributed by atoms with Gasteiger partial charge < -0.3 is 15.3 Å². The molecule has 0 saturated carbocycles. The number of carbonyl (C=O) groups is 1. The SMILES string of the molecule is Cc1ccc(C(=O)O)cc1S(=O)(=O)N(c1cccc(O)c1)[C@@H]1CS(=O)(=O)C[C@@H]1O. The summed E-state index contributed by atoms with van der Waals surface area (Å²) >= 11 is 0. The number of carboxylic acid groups (broad SMARTS) is 1. The highest BCUT2D eigenvalue weighted by Gasteiger charge is 2.45. The van der Waals surface area contributed by atoms with E-state index in [0.29, 0.717) is 0 Å². The molecule has 9 nitrogen and oxygen atoms in total. The molecule has 156 valence electrons. The first-order valence-corrected chi connectivity index (χ1v) is 11.7.